The molecular formula is C9H5F3N2O2S. The molecule has 90 valence electrons. The molecule has 0 spiro atoms. The molecule has 0 aliphatic rings. The van der Waals surface area contributed by atoms with Gasteiger partial charge in [-0.2, -0.15) is 29.5 Å². The summed E-state index contributed by atoms with van der Waals surface area (Å²) in [4.78, 5) is 14.4. The molecule has 0 aliphatic heterocycles. The fourth-order valence-corrected chi connectivity index (χ4v) is 1.71. The number of halogens is 3. The summed E-state index contributed by atoms with van der Waals surface area (Å²) in [6.07, 6.45) is -5.81. The standard InChI is InChI=1S/C9H5F3N2O2S/c10-9(11,12)6(15)3-7-13-8(14-16-7)5-1-2-17-4-5/h1-2,4H,3H2. The van der Waals surface area contributed by atoms with E-state index in [0.717, 1.165) is 0 Å². The maximum absolute atomic E-state index is 12.0. The Kier molecular flexibility index (Phi) is 2.97. The summed E-state index contributed by atoms with van der Waals surface area (Å²) < 4.78 is 40.5. The number of nitrogens with zero attached hydrogens (tertiary/aromatic N) is 2. The zero-order valence-corrected chi connectivity index (χ0v) is 9.01. The van der Waals surface area contributed by atoms with Gasteiger partial charge in [0, 0.05) is 10.9 Å². The van der Waals surface area contributed by atoms with Crippen LogP contribution in [0.25, 0.3) is 11.4 Å². The minimum atomic E-state index is -4.88. The molecule has 2 aromatic rings. The Morgan fingerprint density at radius 1 is 1.47 bits per heavy atom. The third kappa shape index (κ3) is 2.70. The van der Waals surface area contributed by atoms with Crippen molar-refractivity contribution in [1.82, 2.24) is 10.1 Å². The monoisotopic (exact) mass is 262 g/mol. The van der Waals surface area contributed by atoms with E-state index in [1.807, 2.05) is 0 Å². The number of rotatable bonds is 3. The van der Waals surface area contributed by atoms with E-state index in [2.05, 4.69) is 14.7 Å². The van der Waals surface area contributed by atoms with Gasteiger partial charge in [-0.05, 0) is 11.4 Å². The van der Waals surface area contributed by atoms with Gasteiger partial charge in [0.1, 0.15) is 0 Å². The highest BCUT2D eigenvalue weighted by atomic mass is 32.1. The van der Waals surface area contributed by atoms with Crippen LogP contribution in [0, 0.1) is 0 Å². The molecule has 8 heteroatoms. The maximum Gasteiger partial charge on any atom is 0.450 e. The number of carbonyl (C=O) groups is 1. The molecule has 0 saturated heterocycles. The van der Waals surface area contributed by atoms with Crippen LogP contribution in [-0.4, -0.2) is 22.1 Å². The number of ketones is 1. The van der Waals surface area contributed by atoms with E-state index in [-0.39, 0.29) is 11.7 Å². The number of hydrogen-bond donors (Lipinski definition) is 0. The van der Waals surface area contributed by atoms with Gasteiger partial charge in [0.2, 0.25) is 17.5 Å². The minimum absolute atomic E-state index is 0.177. The highest BCUT2D eigenvalue weighted by Crippen LogP contribution is 2.21. The van der Waals surface area contributed by atoms with Crippen molar-refractivity contribution in [2.24, 2.45) is 0 Å². The van der Waals surface area contributed by atoms with Gasteiger partial charge in [0.15, 0.2) is 0 Å². The lowest BCUT2D eigenvalue weighted by atomic mass is 10.3. The maximum atomic E-state index is 12.0. The van der Waals surface area contributed by atoms with Crippen molar-refractivity contribution in [1.29, 1.82) is 0 Å². The lowest BCUT2D eigenvalue weighted by molar-refractivity contribution is -0.170. The largest absolute Gasteiger partial charge is 0.450 e. The van der Waals surface area contributed by atoms with Crippen molar-refractivity contribution in [3.8, 4) is 11.4 Å². The minimum Gasteiger partial charge on any atom is -0.338 e. The Labute approximate surface area is 97.1 Å². The molecule has 2 heterocycles. The quantitative estimate of drug-likeness (QED) is 0.852. The first kappa shape index (κ1) is 11.8. The van der Waals surface area contributed by atoms with E-state index >= 15 is 0 Å². The Balaban J connectivity index is 2.12. The molecule has 0 radical (unpaired) electrons. The van der Waals surface area contributed by atoms with Crippen molar-refractivity contribution in [2.45, 2.75) is 12.6 Å². The molecule has 2 aromatic heterocycles. The molecule has 0 fully saturated rings. The van der Waals surface area contributed by atoms with E-state index < -0.39 is 18.4 Å². The molecule has 0 aromatic carbocycles. The topological polar surface area (TPSA) is 56.0 Å². The van der Waals surface area contributed by atoms with Crippen LogP contribution in [0.15, 0.2) is 21.3 Å². The van der Waals surface area contributed by atoms with Crippen molar-refractivity contribution in [3.63, 3.8) is 0 Å². The predicted octanol–water partition coefficient (Wildman–Crippen LogP) is 2.47. The van der Waals surface area contributed by atoms with Crippen LogP contribution in [0.5, 0.6) is 0 Å². The average Bonchev–Trinajstić information content (AvgIpc) is 2.83. The zero-order chi connectivity index (χ0) is 12.5. The first-order valence-electron chi connectivity index (χ1n) is 4.42. The molecule has 17 heavy (non-hydrogen) atoms. The van der Waals surface area contributed by atoms with Gasteiger partial charge in [-0.3, -0.25) is 4.79 Å². The van der Waals surface area contributed by atoms with E-state index in [4.69, 9.17) is 0 Å². The van der Waals surface area contributed by atoms with Gasteiger partial charge in [0.05, 0.1) is 6.42 Å². The summed E-state index contributed by atoms with van der Waals surface area (Å²) in [5, 5.41) is 6.99. The molecule has 0 aliphatic carbocycles. The third-order valence-electron chi connectivity index (χ3n) is 1.88. The Hall–Kier alpha value is -1.70. The van der Waals surface area contributed by atoms with Crippen LogP contribution >= 0.6 is 11.3 Å². The van der Waals surface area contributed by atoms with Crippen molar-refractivity contribution in [3.05, 3.63) is 22.7 Å². The van der Waals surface area contributed by atoms with Gasteiger partial charge in [-0.25, -0.2) is 0 Å². The predicted molar refractivity (Wildman–Crippen MR) is 52.4 cm³/mol. The van der Waals surface area contributed by atoms with E-state index in [1.165, 1.54) is 11.3 Å². The van der Waals surface area contributed by atoms with Crippen LogP contribution in [0.3, 0.4) is 0 Å². The van der Waals surface area contributed by atoms with Crippen LogP contribution in [0.2, 0.25) is 0 Å². The molecule has 0 unspecified atom stereocenters. The van der Waals surface area contributed by atoms with Crippen LogP contribution in [0.1, 0.15) is 5.89 Å². The van der Waals surface area contributed by atoms with Gasteiger partial charge in [-0.1, -0.05) is 5.16 Å². The molecule has 0 N–H and O–H groups in total. The van der Waals surface area contributed by atoms with E-state index in [0.29, 0.717) is 5.56 Å². The number of aromatic nitrogens is 2. The Morgan fingerprint density at radius 3 is 2.82 bits per heavy atom. The Morgan fingerprint density at radius 2 is 2.24 bits per heavy atom. The van der Waals surface area contributed by atoms with Crippen molar-refractivity contribution < 1.29 is 22.5 Å². The summed E-state index contributed by atoms with van der Waals surface area (Å²) in [5.41, 5.74) is 0.643. The second-order valence-corrected chi connectivity index (χ2v) is 3.90. The number of carbonyl (C=O) groups excluding carboxylic acids is 1. The normalized spacial score (nSPS) is 11.7. The second kappa shape index (κ2) is 4.28. The molecule has 0 bridgehead atoms. The first-order valence-corrected chi connectivity index (χ1v) is 5.36. The zero-order valence-electron chi connectivity index (χ0n) is 8.19. The lowest BCUT2D eigenvalue weighted by Gasteiger charge is -2.00. The second-order valence-electron chi connectivity index (χ2n) is 3.12. The summed E-state index contributed by atoms with van der Waals surface area (Å²) in [6, 6.07) is 1.70. The van der Waals surface area contributed by atoms with Gasteiger partial charge >= 0.3 is 6.18 Å². The highest BCUT2D eigenvalue weighted by molar-refractivity contribution is 7.08. The number of hydrogen-bond acceptors (Lipinski definition) is 5. The van der Waals surface area contributed by atoms with Crippen molar-refractivity contribution in [2.75, 3.05) is 0 Å². The fraction of sp³-hybridized carbons (Fsp3) is 0.222. The fourth-order valence-electron chi connectivity index (χ4n) is 1.07. The average molecular weight is 262 g/mol. The highest BCUT2D eigenvalue weighted by Gasteiger charge is 2.39. The van der Waals surface area contributed by atoms with Gasteiger partial charge in [0.25, 0.3) is 0 Å². The van der Waals surface area contributed by atoms with E-state index in [9.17, 15) is 18.0 Å². The van der Waals surface area contributed by atoms with Crippen LogP contribution in [0.4, 0.5) is 13.2 Å². The lowest BCUT2D eigenvalue weighted by Crippen LogP contribution is -2.24. The molecular weight excluding hydrogens is 257 g/mol. The molecule has 0 saturated carbocycles. The molecule has 4 nitrogen and oxygen atoms in total. The SMILES string of the molecule is O=C(Cc1nc(-c2ccsc2)no1)C(F)(F)F. The number of alkyl halides is 3. The smallest absolute Gasteiger partial charge is 0.338 e. The third-order valence-corrected chi connectivity index (χ3v) is 2.56. The molecule has 2 rings (SSSR count). The van der Waals surface area contributed by atoms with Gasteiger partial charge in [-0.15, -0.1) is 0 Å². The summed E-state index contributed by atoms with van der Waals surface area (Å²) in [5.74, 6) is -2.07. The molecule has 0 amide bonds. The number of Topliss-reactive ketones (excluding diaryl/α,β-unsaturated/α-hetero) is 1. The summed E-state index contributed by atoms with van der Waals surface area (Å²) in [7, 11) is 0. The Bertz CT molecular complexity index is 519. The number of thiophene rings is 1. The summed E-state index contributed by atoms with van der Waals surface area (Å²) in [6.45, 7) is 0. The van der Waals surface area contributed by atoms with Crippen molar-refractivity contribution >= 4 is 17.1 Å². The van der Waals surface area contributed by atoms with Crippen LogP contribution in [-0.2, 0) is 11.2 Å². The molecule has 0 atom stereocenters. The summed E-state index contributed by atoms with van der Waals surface area (Å²) >= 11 is 1.39. The van der Waals surface area contributed by atoms with Gasteiger partial charge < -0.3 is 4.52 Å². The van der Waals surface area contributed by atoms with E-state index in [1.54, 1.807) is 16.8 Å². The first-order chi connectivity index (χ1) is 7.97. The van der Waals surface area contributed by atoms with Crippen LogP contribution < -0.4 is 0 Å².